The zero-order chi connectivity index (χ0) is 18.6. The third-order valence-corrected chi connectivity index (χ3v) is 4.70. The standard InChI is InChI=1S/C17H22FN3O3S/c1-5-24-12-6-7-14(13(18)10-12)19-17-21(8-9-22)11(2)15(25-17)16(23)20(3)4/h6-7,10,22H,5,8-9H2,1-4H3. The predicted octanol–water partition coefficient (Wildman–Crippen LogP) is 2.32. The first-order valence-corrected chi connectivity index (χ1v) is 8.70. The molecule has 0 spiro atoms. The number of aliphatic hydroxyl groups excluding tert-OH is 1. The molecule has 0 unspecified atom stereocenters. The Hall–Kier alpha value is -2.19. The highest BCUT2D eigenvalue weighted by atomic mass is 32.1. The van der Waals surface area contributed by atoms with Crippen molar-refractivity contribution in [2.45, 2.75) is 20.4 Å². The number of carbonyl (C=O) groups is 1. The molecule has 0 saturated heterocycles. The molecule has 0 aliphatic heterocycles. The van der Waals surface area contributed by atoms with Gasteiger partial charge in [0.25, 0.3) is 5.91 Å². The number of carbonyl (C=O) groups excluding carboxylic acids is 1. The highest BCUT2D eigenvalue weighted by Gasteiger charge is 2.18. The second-order valence-corrected chi connectivity index (χ2v) is 6.51. The molecule has 0 radical (unpaired) electrons. The number of hydrogen-bond acceptors (Lipinski definition) is 5. The van der Waals surface area contributed by atoms with Crippen LogP contribution in [0, 0.1) is 12.7 Å². The van der Waals surface area contributed by atoms with Crippen molar-refractivity contribution in [3.8, 4) is 5.75 Å². The van der Waals surface area contributed by atoms with Gasteiger partial charge in [-0.25, -0.2) is 9.38 Å². The second kappa shape index (κ2) is 8.26. The number of aliphatic hydroxyl groups is 1. The van der Waals surface area contributed by atoms with Crippen molar-refractivity contribution in [1.82, 2.24) is 9.47 Å². The average Bonchev–Trinajstić information content (AvgIpc) is 2.86. The third-order valence-electron chi connectivity index (χ3n) is 3.53. The number of aromatic nitrogens is 1. The first-order chi connectivity index (χ1) is 11.9. The van der Waals surface area contributed by atoms with E-state index in [4.69, 9.17) is 4.74 Å². The van der Waals surface area contributed by atoms with Gasteiger partial charge in [0.15, 0.2) is 10.6 Å². The number of benzene rings is 1. The van der Waals surface area contributed by atoms with Gasteiger partial charge in [-0.15, -0.1) is 0 Å². The number of nitrogens with zero attached hydrogens (tertiary/aromatic N) is 3. The molecule has 8 heteroatoms. The minimum Gasteiger partial charge on any atom is -0.494 e. The van der Waals surface area contributed by atoms with Crippen LogP contribution >= 0.6 is 11.3 Å². The molecular weight excluding hydrogens is 345 g/mol. The lowest BCUT2D eigenvalue weighted by molar-refractivity contribution is 0.0830. The quantitative estimate of drug-likeness (QED) is 0.852. The van der Waals surface area contributed by atoms with E-state index in [-0.39, 0.29) is 24.7 Å². The molecule has 1 amide bonds. The number of ether oxygens (including phenoxy) is 1. The number of hydrogen-bond donors (Lipinski definition) is 1. The Labute approximate surface area is 149 Å². The Morgan fingerprint density at radius 2 is 2.16 bits per heavy atom. The van der Waals surface area contributed by atoms with Crippen molar-refractivity contribution in [2.24, 2.45) is 4.99 Å². The number of thiazole rings is 1. The van der Waals surface area contributed by atoms with Crippen molar-refractivity contribution < 1.29 is 19.0 Å². The van der Waals surface area contributed by atoms with Gasteiger partial charge >= 0.3 is 0 Å². The van der Waals surface area contributed by atoms with Gasteiger partial charge in [-0.2, -0.15) is 0 Å². The molecule has 2 rings (SSSR count). The van der Waals surface area contributed by atoms with Crippen molar-refractivity contribution in [1.29, 1.82) is 0 Å². The fourth-order valence-corrected chi connectivity index (χ4v) is 3.46. The summed E-state index contributed by atoms with van der Waals surface area (Å²) in [6, 6.07) is 4.46. The van der Waals surface area contributed by atoms with Gasteiger partial charge in [-0.3, -0.25) is 4.79 Å². The molecule has 25 heavy (non-hydrogen) atoms. The lowest BCUT2D eigenvalue weighted by atomic mass is 10.3. The summed E-state index contributed by atoms with van der Waals surface area (Å²) in [4.78, 5) is 19.1. The monoisotopic (exact) mass is 367 g/mol. The normalized spacial score (nSPS) is 11.7. The van der Waals surface area contributed by atoms with Crippen LogP contribution < -0.4 is 9.54 Å². The van der Waals surface area contributed by atoms with E-state index in [2.05, 4.69) is 4.99 Å². The molecular formula is C17H22FN3O3S. The van der Waals surface area contributed by atoms with E-state index in [9.17, 15) is 14.3 Å². The molecule has 0 bridgehead atoms. The topological polar surface area (TPSA) is 67.1 Å². The van der Waals surface area contributed by atoms with Crippen LogP contribution in [0.3, 0.4) is 0 Å². The van der Waals surface area contributed by atoms with Crippen LogP contribution in [-0.4, -0.2) is 47.8 Å². The lowest BCUT2D eigenvalue weighted by Crippen LogP contribution is -2.22. The molecule has 0 fully saturated rings. The minimum atomic E-state index is -0.506. The summed E-state index contributed by atoms with van der Waals surface area (Å²) >= 11 is 1.18. The molecule has 6 nitrogen and oxygen atoms in total. The molecule has 1 heterocycles. The Morgan fingerprint density at radius 1 is 1.44 bits per heavy atom. The van der Waals surface area contributed by atoms with Gasteiger partial charge in [-0.05, 0) is 26.0 Å². The smallest absolute Gasteiger partial charge is 0.265 e. The predicted molar refractivity (Wildman–Crippen MR) is 94.9 cm³/mol. The average molecular weight is 367 g/mol. The van der Waals surface area contributed by atoms with Crippen molar-refractivity contribution in [2.75, 3.05) is 27.3 Å². The summed E-state index contributed by atoms with van der Waals surface area (Å²) in [5, 5.41) is 9.30. The number of rotatable bonds is 6. The Bertz CT molecular complexity index is 827. The maximum atomic E-state index is 14.3. The van der Waals surface area contributed by atoms with Gasteiger partial charge < -0.3 is 19.3 Å². The van der Waals surface area contributed by atoms with Crippen LogP contribution in [0.5, 0.6) is 5.75 Å². The molecule has 0 aliphatic rings. The maximum absolute atomic E-state index is 14.3. The first-order valence-electron chi connectivity index (χ1n) is 7.88. The van der Waals surface area contributed by atoms with E-state index in [1.165, 1.54) is 28.4 Å². The van der Waals surface area contributed by atoms with Crippen LogP contribution in [0.15, 0.2) is 23.2 Å². The molecule has 2 aromatic rings. The summed E-state index contributed by atoms with van der Waals surface area (Å²) in [6.45, 7) is 4.24. The van der Waals surface area contributed by atoms with E-state index < -0.39 is 5.82 Å². The number of amides is 1. The molecule has 1 N–H and O–H groups in total. The zero-order valence-electron chi connectivity index (χ0n) is 14.7. The summed E-state index contributed by atoms with van der Waals surface area (Å²) in [5.41, 5.74) is 0.850. The van der Waals surface area contributed by atoms with E-state index in [1.54, 1.807) is 31.7 Å². The van der Waals surface area contributed by atoms with Crippen LogP contribution in [0.4, 0.5) is 10.1 Å². The Kier molecular flexibility index (Phi) is 6.33. The Morgan fingerprint density at radius 3 is 2.72 bits per heavy atom. The molecule has 0 aliphatic carbocycles. The summed E-state index contributed by atoms with van der Waals surface area (Å²) in [7, 11) is 3.33. The van der Waals surface area contributed by atoms with Crippen molar-refractivity contribution in [3.63, 3.8) is 0 Å². The lowest BCUT2D eigenvalue weighted by Gasteiger charge is -2.09. The van der Waals surface area contributed by atoms with Gasteiger partial charge in [0.05, 0.1) is 13.2 Å². The zero-order valence-corrected chi connectivity index (χ0v) is 15.6. The Balaban J connectivity index is 2.55. The van der Waals surface area contributed by atoms with Gasteiger partial charge in [0, 0.05) is 32.4 Å². The molecule has 0 atom stereocenters. The van der Waals surface area contributed by atoms with Crippen LogP contribution in [-0.2, 0) is 6.54 Å². The van der Waals surface area contributed by atoms with Crippen LogP contribution in [0.1, 0.15) is 22.3 Å². The summed E-state index contributed by atoms with van der Waals surface area (Å²) in [6.07, 6.45) is 0. The van der Waals surface area contributed by atoms with E-state index in [0.29, 0.717) is 27.7 Å². The fraction of sp³-hybridized carbons (Fsp3) is 0.412. The van der Waals surface area contributed by atoms with Gasteiger partial charge in [0.2, 0.25) is 0 Å². The highest BCUT2D eigenvalue weighted by Crippen LogP contribution is 2.23. The van der Waals surface area contributed by atoms with Gasteiger partial charge in [-0.1, -0.05) is 11.3 Å². The molecule has 0 saturated carbocycles. The molecule has 136 valence electrons. The van der Waals surface area contributed by atoms with Gasteiger partial charge in [0.1, 0.15) is 16.3 Å². The third kappa shape index (κ3) is 4.26. The van der Waals surface area contributed by atoms with Crippen LogP contribution in [0.2, 0.25) is 0 Å². The highest BCUT2D eigenvalue weighted by molar-refractivity contribution is 7.11. The largest absolute Gasteiger partial charge is 0.494 e. The molecule has 1 aromatic heterocycles. The van der Waals surface area contributed by atoms with E-state index >= 15 is 0 Å². The van der Waals surface area contributed by atoms with E-state index in [0.717, 1.165) is 0 Å². The van der Waals surface area contributed by atoms with E-state index in [1.807, 2.05) is 6.92 Å². The summed E-state index contributed by atoms with van der Waals surface area (Å²) in [5.74, 6) is -0.219. The maximum Gasteiger partial charge on any atom is 0.265 e. The number of halogens is 1. The SMILES string of the molecule is CCOc1ccc(N=c2sc(C(=O)N(C)C)c(C)n2CCO)c(F)c1. The molecule has 1 aromatic carbocycles. The second-order valence-electron chi connectivity index (χ2n) is 5.53. The van der Waals surface area contributed by atoms with Crippen molar-refractivity contribution in [3.05, 3.63) is 39.4 Å². The van der Waals surface area contributed by atoms with Crippen molar-refractivity contribution >= 4 is 22.9 Å². The first kappa shape index (κ1) is 19.1. The van der Waals surface area contributed by atoms with Crippen LogP contribution in [0.25, 0.3) is 0 Å². The minimum absolute atomic E-state index is 0.105. The fourth-order valence-electron chi connectivity index (χ4n) is 2.27. The summed E-state index contributed by atoms with van der Waals surface area (Å²) < 4.78 is 21.3.